The number of esters is 2. The standard InChI is InChI=1S/C32H42O12/c1-25(33)23-31(35)43-21-17-39-13-11-37-15-19-41-29-7-3-27(4-8-29)28-5-9-30(10-6-28)42-20-16-38-12-14-40-18-22-44-32(36)24-26(2)34/h3-10H,11-24H2,1-2H3. The van der Waals surface area contributed by atoms with Crippen molar-refractivity contribution < 1.29 is 57.1 Å². The predicted molar refractivity (Wildman–Crippen MR) is 159 cm³/mol. The minimum atomic E-state index is -0.547. The van der Waals surface area contributed by atoms with E-state index in [9.17, 15) is 19.2 Å². The molecule has 2 aromatic carbocycles. The van der Waals surface area contributed by atoms with Crippen molar-refractivity contribution in [2.24, 2.45) is 0 Å². The van der Waals surface area contributed by atoms with Crippen LogP contribution in [0.4, 0.5) is 0 Å². The highest BCUT2D eigenvalue weighted by atomic mass is 16.6. The zero-order chi connectivity index (χ0) is 31.8. The molecular formula is C32H42O12. The van der Waals surface area contributed by atoms with E-state index in [1.807, 2.05) is 48.5 Å². The van der Waals surface area contributed by atoms with Crippen molar-refractivity contribution in [1.82, 2.24) is 0 Å². The molecule has 0 bridgehead atoms. The van der Waals surface area contributed by atoms with Crippen molar-refractivity contribution in [2.45, 2.75) is 26.7 Å². The molecule has 0 saturated heterocycles. The van der Waals surface area contributed by atoms with Crippen molar-refractivity contribution in [3.63, 3.8) is 0 Å². The summed E-state index contributed by atoms with van der Waals surface area (Å²) in [5, 5.41) is 0. The molecule has 0 amide bonds. The molecule has 12 heteroatoms. The molecule has 0 radical (unpaired) electrons. The molecule has 44 heavy (non-hydrogen) atoms. The molecule has 0 saturated carbocycles. The second-order valence-corrected chi connectivity index (χ2v) is 9.39. The van der Waals surface area contributed by atoms with E-state index in [0.717, 1.165) is 22.6 Å². The summed E-state index contributed by atoms with van der Waals surface area (Å²) in [6.45, 7) is 6.46. The Labute approximate surface area is 257 Å². The number of carbonyl (C=O) groups is 4. The van der Waals surface area contributed by atoms with Crippen LogP contribution in [-0.2, 0) is 47.6 Å². The van der Waals surface area contributed by atoms with Crippen LogP contribution in [0.5, 0.6) is 11.5 Å². The van der Waals surface area contributed by atoms with E-state index < -0.39 is 11.9 Å². The monoisotopic (exact) mass is 618 g/mol. The maximum atomic E-state index is 11.2. The Morgan fingerprint density at radius 2 is 0.727 bits per heavy atom. The zero-order valence-corrected chi connectivity index (χ0v) is 25.4. The number of ketones is 2. The van der Waals surface area contributed by atoms with E-state index in [1.165, 1.54) is 13.8 Å². The highest BCUT2D eigenvalue weighted by Crippen LogP contribution is 2.24. The lowest BCUT2D eigenvalue weighted by Gasteiger charge is -2.10. The smallest absolute Gasteiger partial charge is 0.313 e. The van der Waals surface area contributed by atoms with Crippen LogP contribution < -0.4 is 9.47 Å². The maximum absolute atomic E-state index is 11.2. The first-order chi connectivity index (χ1) is 21.3. The van der Waals surface area contributed by atoms with E-state index in [1.54, 1.807) is 0 Å². The first-order valence-electron chi connectivity index (χ1n) is 14.4. The van der Waals surface area contributed by atoms with Gasteiger partial charge in [0.15, 0.2) is 0 Å². The van der Waals surface area contributed by atoms with Crippen molar-refractivity contribution >= 4 is 23.5 Å². The van der Waals surface area contributed by atoms with Crippen LogP contribution in [0.25, 0.3) is 11.1 Å². The Morgan fingerprint density at radius 3 is 1.05 bits per heavy atom. The lowest BCUT2D eigenvalue weighted by Crippen LogP contribution is -2.15. The van der Waals surface area contributed by atoms with Gasteiger partial charge in [0.05, 0.1) is 52.9 Å². The first-order valence-corrected chi connectivity index (χ1v) is 14.4. The van der Waals surface area contributed by atoms with E-state index in [0.29, 0.717) is 52.9 Å². The van der Waals surface area contributed by atoms with Gasteiger partial charge >= 0.3 is 11.9 Å². The van der Waals surface area contributed by atoms with Gasteiger partial charge in [0.1, 0.15) is 62.3 Å². The van der Waals surface area contributed by atoms with Crippen LogP contribution in [0.3, 0.4) is 0 Å². The van der Waals surface area contributed by atoms with Crippen LogP contribution in [0.1, 0.15) is 26.7 Å². The van der Waals surface area contributed by atoms with Gasteiger partial charge < -0.3 is 37.9 Å². The SMILES string of the molecule is CC(=O)CC(=O)OCCOCCOCCOc1ccc(-c2ccc(OCCOCCOCCOC(=O)CC(C)=O)cc2)cc1. The summed E-state index contributed by atoms with van der Waals surface area (Å²) in [7, 11) is 0. The summed E-state index contributed by atoms with van der Waals surface area (Å²) in [5.74, 6) is -0.0884. The van der Waals surface area contributed by atoms with Gasteiger partial charge in [-0.15, -0.1) is 0 Å². The number of hydrogen-bond donors (Lipinski definition) is 0. The fraction of sp³-hybridized carbons (Fsp3) is 0.500. The van der Waals surface area contributed by atoms with Gasteiger partial charge in [0.25, 0.3) is 0 Å². The summed E-state index contributed by atoms with van der Waals surface area (Å²) in [6.07, 6.45) is -0.439. The average Bonchev–Trinajstić information content (AvgIpc) is 2.99. The van der Waals surface area contributed by atoms with Gasteiger partial charge in [-0.25, -0.2) is 0 Å². The van der Waals surface area contributed by atoms with Crippen molar-refractivity contribution in [3.05, 3.63) is 48.5 Å². The Bertz CT molecular complexity index is 1030. The molecular weight excluding hydrogens is 576 g/mol. The second kappa shape index (κ2) is 22.7. The molecule has 0 aliphatic heterocycles. The van der Waals surface area contributed by atoms with Crippen molar-refractivity contribution in [3.8, 4) is 22.6 Å². The molecule has 2 aromatic rings. The fourth-order valence-electron chi connectivity index (χ4n) is 3.51. The maximum Gasteiger partial charge on any atom is 0.313 e. The molecule has 0 atom stereocenters. The van der Waals surface area contributed by atoms with E-state index >= 15 is 0 Å². The van der Waals surface area contributed by atoms with Gasteiger partial charge in [-0.2, -0.15) is 0 Å². The number of benzene rings is 2. The highest BCUT2D eigenvalue weighted by molar-refractivity contribution is 5.94. The van der Waals surface area contributed by atoms with Crippen molar-refractivity contribution in [2.75, 3.05) is 79.3 Å². The van der Waals surface area contributed by atoms with Gasteiger partial charge in [-0.3, -0.25) is 19.2 Å². The number of ether oxygens (including phenoxy) is 8. The Kier molecular flexibility index (Phi) is 18.7. The van der Waals surface area contributed by atoms with E-state index in [4.69, 9.17) is 37.9 Å². The Balaban J connectivity index is 1.48. The van der Waals surface area contributed by atoms with Gasteiger partial charge in [0.2, 0.25) is 0 Å². The molecule has 0 fully saturated rings. The molecule has 0 heterocycles. The van der Waals surface area contributed by atoms with Gasteiger partial charge in [-0.05, 0) is 49.2 Å². The minimum Gasteiger partial charge on any atom is -0.491 e. The lowest BCUT2D eigenvalue weighted by atomic mass is 10.1. The van der Waals surface area contributed by atoms with Gasteiger partial charge in [0, 0.05) is 0 Å². The Morgan fingerprint density at radius 1 is 0.432 bits per heavy atom. The average molecular weight is 619 g/mol. The molecule has 0 aliphatic carbocycles. The van der Waals surface area contributed by atoms with Crippen molar-refractivity contribution in [1.29, 1.82) is 0 Å². The molecule has 0 unspecified atom stereocenters. The summed E-state index contributed by atoms with van der Waals surface area (Å²) in [6, 6.07) is 15.5. The van der Waals surface area contributed by atoms with E-state index in [2.05, 4.69) is 0 Å². The summed E-state index contributed by atoms with van der Waals surface area (Å²) < 4.78 is 42.7. The molecule has 0 aliphatic rings. The van der Waals surface area contributed by atoms with Crippen LogP contribution in [0.2, 0.25) is 0 Å². The fourth-order valence-corrected chi connectivity index (χ4v) is 3.51. The number of rotatable bonds is 25. The quantitative estimate of drug-likeness (QED) is 0.0916. The van der Waals surface area contributed by atoms with Crippen LogP contribution in [0, 0.1) is 0 Å². The van der Waals surface area contributed by atoms with Gasteiger partial charge in [-0.1, -0.05) is 24.3 Å². The highest BCUT2D eigenvalue weighted by Gasteiger charge is 2.07. The second-order valence-electron chi connectivity index (χ2n) is 9.39. The third kappa shape index (κ3) is 18.0. The topological polar surface area (TPSA) is 142 Å². The van der Waals surface area contributed by atoms with Crippen LogP contribution in [-0.4, -0.2) is 103 Å². The number of hydrogen-bond acceptors (Lipinski definition) is 12. The summed E-state index contributed by atoms with van der Waals surface area (Å²) in [4.78, 5) is 44.1. The third-order valence-electron chi connectivity index (χ3n) is 5.55. The molecule has 12 nitrogen and oxygen atoms in total. The molecule has 0 spiro atoms. The molecule has 0 N–H and O–H groups in total. The minimum absolute atomic E-state index is 0.104. The summed E-state index contributed by atoms with van der Waals surface area (Å²) >= 11 is 0. The number of Topliss-reactive ketones (excluding diaryl/α,β-unsaturated/α-hetero) is 2. The molecule has 2 rings (SSSR count). The van der Waals surface area contributed by atoms with Crippen LogP contribution >= 0.6 is 0 Å². The molecule has 0 aromatic heterocycles. The first kappa shape index (κ1) is 36.4. The van der Waals surface area contributed by atoms with Crippen LogP contribution in [0.15, 0.2) is 48.5 Å². The number of carbonyl (C=O) groups excluding carboxylic acids is 4. The third-order valence-corrected chi connectivity index (χ3v) is 5.55. The Hall–Kier alpha value is -3.84. The predicted octanol–water partition coefficient (Wildman–Crippen LogP) is 3.22. The lowest BCUT2D eigenvalue weighted by molar-refractivity contribution is -0.148. The molecule has 242 valence electrons. The van der Waals surface area contributed by atoms with E-state index in [-0.39, 0.29) is 50.8 Å². The zero-order valence-electron chi connectivity index (χ0n) is 25.4. The normalized spacial score (nSPS) is 10.7. The largest absolute Gasteiger partial charge is 0.491 e. The summed E-state index contributed by atoms with van der Waals surface area (Å²) in [5.41, 5.74) is 2.09.